The number of benzene rings is 1. The second-order valence-corrected chi connectivity index (χ2v) is 8.35. The molecule has 0 radical (unpaired) electrons. The van der Waals surface area contributed by atoms with E-state index < -0.39 is 23.6 Å². The van der Waals surface area contributed by atoms with Gasteiger partial charge in [-0.1, -0.05) is 49.6 Å². The average molecular weight is 431 g/mol. The zero-order valence-electron chi connectivity index (χ0n) is 19.2. The van der Waals surface area contributed by atoms with Crippen LogP contribution in [0, 0.1) is 18.3 Å². The van der Waals surface area contributed by atoms with Crippen molar-refractivity contribution in [3.05, 3.63) is 35.4 Å². The summed E-state index contributed by atoms with van der Waals surface area (Å²) in [6.07, 6.45) is 2.09. The molecule has 0 aliphatic carbocycles. The van der Waals surface area contributed by atoms with E-state index in [9.17, 15) is 19.6 Å². The van der Waals surface area contributed by atoms with Gasteiger partial charge in [0.15, 0.2) is 0 Å². The topological polar surface area (TPSA) is 112 Å². The standard InChI is InChI=1S/C23H34N4O4/c1-6-7-8-14-25-21(29)20(18-11-9-17(2)10-12-18)27(15-13-24)19(28)16-26-22(30)31-23(3,4)5/h9-12,20H,6-8,14-16H2,1-5H3,(H,25,29)(H,26,30). The fraction of sp³-hybridized carbons (Fsp3) is 0.565. The maximum absolute atomic E-state index is 13.0. The summed E-state index contributed by atoms with van der Waals surface area (Å²) in [5, 5.41) is 14.6. The molecule has 0 bridgehead atoms. The fourth-order valence-electron chi connectivity index (χ4n) is 2.87. The third kappa shape index (κ3) is 9.51. The van der Waals surface area contributed by atoms with Crippen LogP contribution in [0.25, 0.3) is 0 Å². The molecule has 3 amide bonds. The quantitative estimate of drug-likeness (QED) is 0.437. The molecule has 0 saturated carbocycles. The van der Waals surface area contributed by atoms with Crippen LogP contribution >= 0.6 is 0 Å². The lowest BCUT2D eigenvalue weighted by Crippen LogP contribution is -2.48. The van der Waals surface area contributed by atoms with Crippen molar-refractivity contribution in [2.75, 3.05) is 19.6 Å². The van der Waals surface area contributed by atoms with Gasteiger partial charge in [0.1, 0.15) is 24.7 Å². The number of ether oxygens (including phenoxy) is 1. The Balaban J connectivity index is 3.04. The molecular formula is C23H34N4O4. The molecule has 0 aliphatic rings. The Bertz CT molecular complexity index is 778. The molecule has 0 aromatic heterocycles. The third-order valence-corrected chi connectivity index (χ3v) is 4.38. The predicted molar refractivity (Wildman–Crippen MR) is 118 cm³/mol. The van der Waals surface area contributed by atoms with Crippen LogP contribution in [-0.2, 0) is 14.3 Å². The summed E-state index contributed by atoms with van der Waals surface area (Å²) in [6, 6.07) is 8.20. The van der Waals surface area contributed by atoms with Gasteiger partial charge in [0.25, 0.3) is 0 Å². The highest BCUT2D eigenvalue weighted by Gasteiger charge is 2.31. The fourth-order valence-corrected chi connectivity index (χ4v) is 2.87. The van der Waals surface area contributed by atoms with Crippen molar-refractivity contribution in [2.24, 2.45) is 0 Å². The molecule has 1 atom stereocenters. The highest BCUT2D eigenvalue weighted by molar-refractivity contribution is 5.90. The first-order valence-electron chi connectivity index (χ1n) is 10.6. The molecule has 1 aromatic rings. The van der Waals surface area contributed by atoms with E-state index in [-0.39, 0.29) is 19.0 Å². The van der Waals surface area contributed by atoms with Crippen LogP contribution in [-0.4, -0.2) is 48.0 Å². The molecule has 2 N–H and O–H groups in total. The lowest BCUT2D eigenvalue weighted by atomic mass is 10.0. The third-order valence-electron chi connectivity index (χ3n) is 4.38. The van der Waals surface area contributed by atoms with E-state index >= 15 is 0 Å². The molecule has 0 aliphatic heterocycles. The molecule has 1 unspecified atom stereocenters. The van der Waals surface area contributed by atoms with E-state index in [1.807, 2.05) is 25.1 Å². The Morgan fingerprint density at radius 3 is 2.32 bits per heavy atom. The minimum absolute atomic E-state index is 0.296. The molecule has 31 heavy (non-hydrogen) atoms. The van der Waals surface area contributed by atoms with Gasteiger partial charge in [-0.3, -0.25) is 9.59 Å². The van der Waals surface area contributed by atoms with Gasteiger partial charge in [-0.2, -0.15) is 5.26 Å². The molecule has 8 nitrogen and oxygen atoms in total. The minimum atomic E-state index is -0.977. The van der Waals surface area contributed by atoms with E-state index in [1.165, 1.54) is 4.90 Å². The van der Waals surface area contributed by atoms with Crippen LogP contribution < -0.4 is 10.6 Å². The van der Waals surface area contributed by atoms with Crippen LogP contribution in [0.2, 0.25) is 0 Å². The number of hydrogen-bond donors (Lipinski definition) is 2. The maximum Gasteiger partial charge on any atom is 0.408 e. The average Bonchev–Trinajstić information content (AvgIpc) is 2.69. The van der Waals surface area contributed by atoms with Crippen molar-refractivity contribution in [2.45, 2.75) is 65.5 Å². The molecular weight excluding hydrogens is 396 g/mol. The Kier molecular flexibility index (Phi) is 10.5. The number of nitrogens with zero attached hydrogens (tertiary/aromatic N) is 2. The van der Waals surface area contributed by atoms with Crippen LogP contribution in [0.15, 0.2) is 24.3 Å². The summed E-state index contributed by atoms with van der Waals surface area (Å²) in [6.45, 7) is 8.94. The van der Waals surface area contributed by atoms with E-state index in [0.29, 0.717) is 12.1 Å². The Hall–Kier alpha value is -3.08. The zero-order chi connectivity index (χ0) is 23.4. The minimum Gasteiger partial charge on any atom is -0.444 e. The summed E-state index contributed by atoms with van der Waals surface area (Å²) in [5.74, 6) is -0.914. The molecule has 0 spiro atoms. The van der Waals surface area contributed by atoms with Crippen molar-refractivity contribution in [3.8, 4) is 6.07 Å². The molecule has 8 heteroatoms. The van der Waals surface area contributed by atoms with Gasteiger partial charge in [-0.25, -0.2) is 4.79 Å². The number of carbonyl (C=O) groups is 3. The van der Waals surface area contributed by atoms with Crippen molar-refractivity contribution in [1.29, 1.82) is 5.26 Å². The second kappa shape index (κ2) is 12.6. The van der Waals surface area contributed by atoms with Crippen molar-refractivity contribution >= 4 is 17.9 Å². The van der Waals surface area contributed by atoms with Gasteiger partial charge >= 0.3 is 6.09 Å². The summed E-state index contributed by atoms with van der Waals surface area (Å²) in [5.41, 5.74) is 0.900. The highest BCUT2D eigenvalue weighted by Crippen LogP contribution is 2.22. The van der Waals surface area contributed by atoms with E-state index in [2.05, 4.69) is 17.6 Å². The van der Waals surface area contributed by atoms with Crippen LogP contribution in [0.4, 0.5) is 4.79 Å². The predicted octanol–water partition coefficient (Wildman–Crippen LogP) is 3.22. The molecule has 1 rings (SSSR count). The van der Waals surface area contributed by atoms with Gasteiger partial charge < -0.3 is 20.3 Å². The van der Waals surface area contributed by atoms with E-state index in [4.69, 9.17) is 4.74 Å². The van der Waals surface area contributed by atoms with Crippen LogP contribution in [0.3, 0.4) is 0 Å². The first-order valence-corrected chi connectivity index (χ1v) is 10.6. The maximum atomic E-state index is 13.0. The van der Waals surface area contributed by atoms with E-state index in [0.717, 1.165) is 24.8 Å². The Labute approximate surface area is 184 Å². The van der Waals surface area contributed by atoms with Crippen molar-refractivity contribution < 1.29 is 19.1 Å². The molecule has 0 heterocycles. The van der Waals surface area contributed by atoms with Crippen molar-refractivity contribution in [3.63, 3.8) is 0 Å². The van der Waals surface area contributed by atoms with E-state index in [1.54, 1.807) is 32.9 Å². The summed E-state index contributed by atoms with van der Waals surface area (Å²) in [7, 11) is 0. The number of unbranched alkanes of at least 4 members (excludes halogenated alkanes) is 2. The Morgan fingerprint density at radius 1 is 1.13 bits per heavy atom. The first-order chi connectivity index (χ1) is 14.6. The van der Waals surface area contributed by atoms with Gasteiger partial charge in [-0.15, -0.1) is 0 Å². The van der Waals surface area contributed by atoms with Gasteiger partial charge in [0.2, 0.25) is 11.8 Å². The second-order valence-electron chi connectivity index (χ2n) is 8.35. The van der Waals surface area contributed by atoms with Crippen molar-refractivity contribution in [1.82, 2.24) is 15.5 Å². The number of rotatable bonds is 10. The number of aryl methyl sites for hydroxylation is 1. The number of carbonyl (C=O) groups excluding carboxylic acids is 3. The number of nitrogens with one attached hydrogen (secondary N) is 2. The lowest BCUT2D eigenvalue weighted by molar-refractivity contribution is -0.139. The Morgan fingerprint density at radius 2 is 1.77 bits per heavy atom. The van der Waals surface area contributed by atoms with Crippen LogP contribution in [0.1, 0.15) is 64.1 Å². The molecule has 0 saturated heterocycles. The number of hydrogen-bond acceptors (Lipinski definition) is 5. The van der Waals surface area contributed by atoms with Gasteiger partial charge in [0, 0.05) is 6.54 Å². The molecule has 0 fully saturated rings. The molecule has 170 valence electrons. The first kappa shape index (κ1) is 26.0. The van der Waals surface area contributed by atoms with Gasteiger partial charge in [-0.05, 0) is 39.7 Å². The highest BCUT2D eigenvalue weighted by atomic mass is 16.6. The van der Waals surface area contributed by atoms with Crippen LogP contribution in [0.5, 0.6) is 0 Å². The largest absolute Gasteiger partial charge is 0.444 e. The number of alkyl carbamates (subject to hydrolysis) is 1. The monoisotopic (exact) mass is 430 g/mol. The number of nitriles is 1. The lowest BCUT2D eigenvalue weighted by Gasteiger charge is -2.30. The zero-order valence-corrected chi connectivity index (χ0v) is 19.2. The van der Waals surface area contributed by atoms with Gasteiger partial charge in [0.05, 0.1) is 6.07 Å². The number of amides is 3. The molecule has 1 aromatic carbocycles. The summed E-state index contributed by atoms with van der Waals surface area (Å²) < 4.78 is 5.14. The smallest absolute Gasteiger partial charge is 0.408 e. The summed E-state index contributed by atoms with van der Waals surface area (Å²) >= 11 is 0. The normalized spacial score (nSPS) is 11.7. The SMILES string of the molecule is CCCCCNC(=O)C(c1ccc(C)cc1)N(CC#N)C(=O)CNC(=O)OC(C)(C)C. The summed E-state index contributed by atoms with van der Waals surface area (Å²) in [4.78, 5) is 39.0.